The molecule has 4 nitrogen and oxygen atoms in total. The van der Waals surface area contributed by atoms with E-state index in [1.807, 2.05) is 12.2 Å². The number of nitrogens with zero attached hydrogens (tertiary/aromatic N) is 1. The van der Waals surface area contributed by atoms with E-state index in [4.69, 9.17) is 5.11 Å². The number of hydrogen-bond donors (Lipinski definition) is 3. The Labute approximate surface area is 80.7 Å². The Morgan fingerprint density at radius 3 is 2.07 bits per heavy atom. The van der Waals surface area contributed by atoms with Gasteiger partial charge in [-0.1, -0.05) is 12.2 Å². The lowest BCUT2D eigenvalue weighted by molar-refractivity contribution is 0.181. The summed E-state index contributed by atoms with van der Waals surface area (Å²) in [4.78, 5) is 0. The van der Waals surface area contributed by atoms with Gasteiger partial charge in [0.1, 0.15) is 6.73 Å². The molecule has 0 aliphatic heterocycles. The SMILES string of the molecule is OCn1c(O)c2c(c1O)C1C=CC2C1. The molecule has 2 aliphatic rings. The van der Waals surface area contributed by atoms with E-state index in [9.17, 15) is 10.2 Å². The van der Waals surface area contributed by atoms with E-state index in [0.717, 1.165) is 22.1 Å². The van der Waals surface area contributed by atoms with Crippen LogP contribution in [0.25, 0.3) is 0 Å². The minimum Gasteiger partial charge on any atom is -0.494 e. The zero-order valence-electron chi connectivity index (χ0n) is 7.51. The molecule has 3 N–H and O–H groups in total. The molecule has 4 heteroatoms. The lowest BCUT2D eigenvalue weighted by Crippen LogP contribution is -1.97. The molecule has 0 spiro atoms. The Hall–Kier alpha value is -1.42. The van der Waals surface area contributed by atoms with Crippen molar-refractivity contribution in [2.75, 3.05) is 0 Å². The smallest absolute Gasteiger partial charge is 0.200 e. The van der Waals surface area contributed by atoms with Crippen molar-refractivity contribution in [3.05, 3.63) is 23.3 Å². The van der Waals surface area contributed by atoms with Gasteiger partial charge in [-0.15, -0.1) is 0 Å². The van der Waals surface area contributed by atoms with Gasteiger partial charge in [-0.05, 0) is 6.42 Å². The maximum atomic E-state index is 9.76. The van der Waals surface area contributed by atoms with Crippen molar-refractivity contribution in [3.8, 4) is 11.8 Å². The first-order valence-corrected chi connectivity index (χ1v) is 4.67. The van der Waals surface area contributed by atoms with Crippen molar-refractivity contribution in [1.82, 2.24) is 4.57 Å². The van der Waals surface area contributed by atoms with Crippen LogP contribution in [-0.4, -0.2) is 19.9 Å². The molecule has 2 aliphatic carbocycles. The van der Waals surface area contributed by atoms with E-state index in [1.54, 1.807) is 0 Å². The van der Waals surface area contributed by atoms with Crippen LogP contribution in [0.2, 0.25) is 0 Å². The second-order valence-electron chi connectivity index (χ2n) is 3.88. The van der Waals surface area contributed by atoms with Crippen LogP contribution in [0.4, 0.5) is 0 Å². The molecular formula is C10H11NO3. The van der Waals surface area contributed by atoms with Crippen LogP contribution in [0.3, 0.4) is 0 Å². The number of aliphatic hydroxyl groups excluding tert-OH is 1. The number of aliphatic hydroxyl groups is 1. The van der Waals surface area contributed by atoms with Gasteiger partial charge in [0.25, 0.3) is 0 Å². The van der Waals surface area contributed by atoms with Crippen LogP contribution in [0.1, 0.15) is 29.4 Å². The predicted octanol–water partition coefficient (Wildman–Crippen LogP) is 0.990. The Morgan fingerprint density at radius 1 is 1.14 bits per heavy atom. The summed E-state index contributed by atoms with van der Waals surface area (Å²) in [5, 5.41) is 28.5. The number of aromatic nitrogens is 1. The number of allylic oxidation sites excluding steroid dienone is 2. The van der Waals surface area contributed by atoms with Crippen molar-refractivity contribution >= 4 is 0 Å². The third-order valence-corrected chi connectivity index (χ3v) is 3.25. The summed E-state index contributed by atoms with van der Waals surface area (Å²) in [6.45, 7) is -0.385. The van der Waals surface area contributed by atoms with Crippen LogP contribution in [0.5, 0.6) is 11.8 Å². The summed E-state index contributed by atoms with van der Waals surface area (Å²) in [7, 11) is 0. The largest absolute Gasteiger partial charge is 0.494 e. The molecule has 0 saturated carbocycles. The Balaban J connectivity index is 2.27. The van der Waals surface area contributed by atoms with Gasteiger partial charge in [0, 0.05) is 23.0 Å². The lowest BCUT2D eigenvalue weighted by atomic mass is 10.0. The maximum Gasteiger partial charge on any atom is 0.200 e. The molecular weight excluding hydrogens is 182 g/mol. The molecule has 3 rings (SSSR count). The molecule has 0 aromatic carbocycles. The second-order valence-corrected chi connectivity index (χ2v) is 3.88. The van der Waals surface area contributed by atoms with Crippen LogP contribution in [-0.2, 0) is 6.73 Å². The van der Waals surface area contributed by atoms with Crippen LogP contribution < -0.4 is 0 Å². The van der Waals surface area contributed by atoms with Gasteiger partial charge in [0.15, 0.2) is 11.8 Å². The second kappa shape index (κ2) is 2.33. The fourth-order valence-corrected chi connectivity index (χ4v) is 2.62. The molecule has 14 heavy (non-hydrogen) atoms. The van der Waals surface area contributed by atoms with Crippen molar-refractivity contribution in [3.63, 3.8) is 0 Å². The minimum absolute atomic E-state index is 0.0110. The molecule has 2 atom stereocenters. The topological polar surface area (TPSA) is 65.6 Å². The van der Waals surface area contributed by atoms with E-state index >= 15 is 0 Å². The molecule has 0 fully saturated rings. The number of rotatable bonds is 1. The lowest BCUT2D eigenvalue weighted by Gasteiger charge is -2.05. The maximum absolute atomic E-state index is 9.76. The molecule has 74 valence electrons. The summed E-state index contributed by atoms with van der Waals surface area (Å²) >= 11 is 0. The highest BCUT2D eigenvalue weighted by molar-refractivity contribution is 5.58. The van der Waals surface area contributed by atoms with E-state index < -0.39 is 0 Å². The molecule has 2 bridgehead atoms. The summed E-state index contributed by atoms with van der Waals surface area (Å²) in [6.07, 6.45) is 5.04. The highest BCUT2D eigenvalue weighted by Crippen LogP contribution is 2.56. The summed E-state index contributed by atoms with van der Waals surface area (Å²) in [6, 6.07) is 0. The third-order valence-electron chi connectivity index (χ3n) is 3.25. The zero-order chi connectivity index (χ0) is 9.87. The van der Waals surface area contributed by atoms with Crippen LogP contribution in [0.15, 0.2) is 12.2 Å². The van der Waals surface area contributed by atoms with Gasteiger partial charge in [0.2, 0.25) is 0 Å². The van der Waals surface area contributed by atoms with Crippen molar-refractivity contribution < 1.29 is 15.3 Å². The Kier molecular flexibility index (Phi) is 1.32. The van der Waals surface area contributed by atoms with Crippen molar-refractivity contribution in [2.45, 2.75) is 25.0 Å². The van der Waals surface area contributed by atoms with Gasteiger partial charge < -0.3 is 15.3 Å². The Morgan fingerprint density at radius 2 is 1.64 bits per heavy atom. The van der Waals surface area contributed by atoms with E-state index in [2.05, 4.69) is 0 Å². The predicted molar refractivity (Wildman–Crippen MR) is 49.2 cm³/mol. The fraction of sp³-hybridized carbons (Fsp3) is 0.400. The first-order valence-electron chi connectivity index (χ1n) is 4.67. The van der Waals surface area contributed by atoms with E-state index in [-0.39, 0.29) is 30.3 Å². The fourth-order valence-electron chi connectivity index (χ4n) is 2.62. The number of hydrogen-bond acceptors (Lipinski definition) is 3. The average molecular weight is 193 g/mol. The molecule has 0 amide bonds. The average Bonchev–Trinajstić information content (AvgIpc) is 2.80. The molecule has 2 unspecified atom stereocenters. The van der Waals surface area contributed by atoms with Crippen LogP contribution >= 0.6 is 0 Å². The van der Waals surface area contributed by atoms with Gasteiger partial charge in [-0.25, -0.2) is 0 Å². The summed E-state index contributed by atoms with van der Waals surface area (Å²) < 4.78 is 1.14. The van der Waals surface area contributed by atoms with Gasteiger partial charge >= 0.3 is 0 Å². The standard InChI is InChI=1S/C10H11NO3/c12-4-11-9(13)7-5-1-2-6(3-5)8(7)10(11)14/h1-2,5-6,12-14H,3-4H2. The third kappa shape index (κ3) is 0.688. The Bertz CT molecular complexity index is 398. The normalized spacial score (nSPS) is 27.2. The van der Waals surface area contributed by atoms with E-state index in [0.29, 0.717) is 0 Å². The summed E-state index contributed by atoms with van der Waals surface area (Å²) in [5.41, 5.74) is 1.59. The first kappa shape index (κ1) is 7.94. The highest BCUT2D eigenvalue weighted by atomic mass is 16.3. The van der Waals surface area contributed by atoms with Gasteiger partial charge in [-0.3, -0.25) is 4.57 Å². The number of fused-ring (bicyclic) bond motifs is 5. The molecule has 1 heterocycles. The minimum atomic E-state index is -0.385. The van der Waals surface area contributed by atoms with E-state index in [1.165, 1.54) is 0 Å². The zero-order valence-corrected chi connectivity index (χ0v) is 7.51. The van der Waals surface area contributed by atoms with Gasteiger partial charge in [0.05, 0.1) is 0 Å². The quantitative estimate of drug-likeness (QED) is 0.583. The number of aromatic hydroxyl groups is 2. The molecule has 0 radical (unpaired) electrons. The first-order chi connectivity index (χ1) is 6.74. The van der Waals surface area contributed by atoms with Gasteiger partial charge in [-0.2, -0.15) is 0 Å². The van der Waals surface area contributed by atoms with Crippen LogP contribution in [0, 0.1) is 0 Å². The molecule has 0 saturated heterocycles. The highest BCUT2D eigenvalue weighted by Gasteiger charge is 2.40. The monoisotopic (exact) mass is 193 g/mol. The van der Waals surface area contributed by atoms with Crippen molar-refractivity contribution in [2.24, 2.45) is 0 Å². The molecule has 1 aromatic heterocycles. The van der Waals surface area contributed by atoms with Crippen molar-refractivity contribution in [1.29, 1.82) is 0 Å². The summed E-state index contributed by atoms with van der Waals surface area (Å²) in [5.74, 6) is 0.455. The molecule has 1 aromatic rings.